The number of carbonyl (C=O) groups excluding carboxylic acids is 1. The summed E-state index contributed by atoms with van der Waals surface area (Å²) < 4.78 is 5.43. The first-order valence-electron chi connectivity index (χ1n) is 9.15. The Hall–Kier alpha value is -2.16. The molecule has 0 bridgehead atoms. The molecule has 9 nitrogen and oxygen atoms in total. The molecule has 1 aliphatic carbocycles. The van der Waals surface area contributed by atoms with Crippen molar-refractivity contribution in [2.24, 2.45) is 10.8 Å². The number of rotatable bonds is 9. The van der Waals surface area contributed by atoms with Crippen molar-refractivity contribution in [2.75, 3.05) is 0 Å². The lowest BCUT2D eigenvalue weighted by molar-refractivity contribution is -0.352. The molecule has 2 rings (SSSR count). The van der Waals surface area contributed by atoms with Gasteiger partial charge in [-0.15, -0.1) is 0 Å². The lowest BCUT2D eigenvalue weighted by atomic mass is 9.51. The summed E-state index contributed by atoms with van der Waals surface area (Å²) in [5, 5.41) is 39.0. The number of aliphatic hydroxyl groups is 1. The molecule has 27 heavy (non-hydrogen) atoms. The summed E-state index contributed by atoms with van der Waals surface area (Å²) in [5.74, 6) is -5.96. The lowest BCUT2D eigenvalue weighted by Crippen LogP contribution is -2.66. The minimum absolute atomic E-state index is 0.0376. The fourth-order valence-corrected chi connectivity index (χ4v) is 4.91. The van der Waals surface area contributed by atoms with Gasteiger partial charge in [-0.1, -0.05) is 6.42 Å². The van der Waals surface area contributed by atoms with Gasteiger partial charge in [0, 0.05) is 36.5 Å². The highest BCUT2D eigenvalue weighted by molar-refractivity contribution is 5.72. The molecule has 0 spiro atoms. The molecule has 1 saturated carbocycles. The first-order chi connectivity index (χ1) is 12.6. The van der Waals surface area contributed by atoms with E-state index in [9.17, 15) is 24.3 Å². The molecule has 152 valence electrons. The molecule has 4 N–H and O–H groups in total. The summed E-state index contributed by atoms with van der Waals surface area (Å²) >= 11 is 0. The zero-order valence-electron chi connectivity index (χ0n) is 15.1. The van der Waals surface area contributed by atoms with Gasteiger partial charge in [-0.2, -0.15) is 0 Å². The van der Waals surface area contributed by atoms with Crippen LogP contribution in [0.1, 0.15) is 70.6 Å². The van der Waals surface area contributed by atoms with Gasteiger partial charge in [0.25, 0.3) is 0 Å². The van der Waals surface area contributed by atoms with Gasteiger partial charge in [-0.3, -0.25) is 19.2 Å². The summed E-state index contributed by atoms with van der Waals surface area (Å²) in [6.07, 6.45) is 0.720. The van der Waals surface area contributed by atoms with Crippen molar-refractivity contribution in [3.8, 4) is 0 Å². The van der Waals surface area contributed by atoms with Crippen molar-refractivity contribution in [1.82, 2.24) is 0 Å². The molecular weight excluding hydrogens is 360 g/mol. The molecule has 0 aromatic carbocycles. The monoisotopic (exact) mass is 386 g/mol. The minimum Gasteiger partial charge on any atom is -0.481 e. The molecule has 2 atom stereocenters. The van der Waals surface area contributed by atoms with Crippen LogP contribution in [0.5, 0.6) is 0 Å². The van der Waals surface area contributed by atoms with Crippen LogP contribution in [0.2, 0.25) is 0 Å². The van der Waals surface area contributed by atoms with Gasteiger partial charge in [-0.05, 0) is 38.5 Å². The Labute approximate surface area is 156 Å². The second kappa shape index (κ2) is 7.84. The first kappa shape index (κ1) is 21.1. The second-order valence-electron chi connectivity index (χ2n) is 7.71. The van der Waals surface area contributed by atoms with Crippen LogP contribution in [-0.4, -0.2) is 50.1 Å². The van der Waals surface area contributed by atoms with Gasteiger partial charge in [0.15, 0.2) is 0 Å². The van der Waals surface area contributed by atoms with E-state index in [1.165, 1.54) is 0 Å². The van der Waals surface area contributed by atoms with Crippen molar-refractivity contribution in [1.29, 1.82) is 0 Å². The first-order valence-corrected chi connectivity index (χ1v) is 9.15. The Morgan fingerprint density at radius 3 is 1.89 bits per heavy atom. The van der Waals surface area contributed by atoms with E-state index >= 15 is 0 Å². The number of carboxylic acid groups (broad SMARTS) is 3. The number of carbonyl (C=O) groups is 4. The third-order valence-electron chi connectivity index (χ3n) is 6.27. The highest BCUT2D eigenvalue weighted by Crippen LogP contribution is 2.63. The predicted molar refractivity (Wildman–Crippen MR) is 89.6 cm³/mol. The van der Waals surface area contributed by atoms with Gasteiger partial charge >= 0.3 is 23.9 Å². The average molecular weight is 386 g/mol. The standard InChI is InChI=1S/C18H26O9/c19-12(20)2-8-16(9-3-13(21)22)6-1-7-17(10-4-14(23)24)11-5-15(25)27-18(16,17)26/h26H,1-11H2,(H,19,20)(H,21,22)(H,23,24)/t17-,18+/m0/s1. The van der Waals surface area contributed by atoms with Crippen LogP contribution in [0.3, 0.4) is 0 Å². The number of hydrogen-bond acceptors (Lipinski definition) is 6. The number of carboxylic acids is 3. The summed E-state index contributed by atoms with van der Waals surface area (Å²) in [6.45, 7) is 0. The molecule has 2 fully saturated rings. The van der Waals surface area contributed by atoms with Crippen LogP contribution in [0, 0.1) is 10.8 Å². The number of fused-ring (bicyclic) bond motifs is 1. The van der Waals surface area contributed by atoms with E-state index in [1.807, 2.05) is 0 Å². The van der Waals surface area contributed by atoms with Crippen LogP contribution < -0.4 is 0 Å². The fraction of sp³-hybridized carbons (Fsp3) is 0.778. The quantitative estimate of drug-likeness (QED) is 0.433. The van der Waals surface area contributed by atoms with Crippen molar-refractivity contribution in [2.45, 2.75) is 76.4 Å². The van der Waals surface area contributed by atoms with Crippen LogP contribution in [0.15, 0.2) is 0 Å². The number of esters is 1. The summed E-state index contributed by atoms with van der Waals surface area (Å²) in [4.78, 5) is 45.5. The fourth-order valence-electron chi connectivity index (χ4n) is 4.91. The molecule has 1 heterocycles. The van der Waals surface area contributed by atoms with E-state index in [-0.39, 0.29) is 51.4 Å². The zero-order chi connectivity index (χ0) is 20.3. The molecule has 2 aliphatic rings. The van der Waals surface area contributed by atoms with Crippen LogP contribution in [0.4, 0.5) is 0 Å². The van der Waals surface area contributed by atoms with Gasteiger partial charge in [0.05, 0.1) is 0 Å². The third kappa shape index (κ3) is 4.07. The molecule has 0 unspecified atom stereocenters. The Balaban J connectivity index is 2.48. The Morgan fingerprint density at radius 2 is 1.37 bits per heavy atom. The maximum atomic E-state index is 12.0. The van der Waals surface area contributed by atoms with Crippen molar-refractivity contribution < 1.29 is 44.3 Å². The molecule has 1 saturated heterocycles. The summed E-state index contributed by atoms with van der Waals surface area (Å²) in [5.41, 5.74) is -2.26. The molecule has 0 aromatic heterocycles. The van der Waals surface area contributed by atoms with E-state index < -0.39 is 40.5 Å². The minimum atomic E-state index is -2.08. The predicted octanol–water partition coefficient (Wildman–Crippen LogP) is 1.76. The van der Waals surface area contributed by atoms with E-state index in [2.05, 4.69) is 0 Å². The zero-order valence-corrected chi connectivity index (χ0v) is 15.1. The van der Waals surface area contributed by atoms with Gasteiger partial charge in [-0.25, -0.2) is 0 Å². The molecule has 0 aromatic rings. The SMILES string of the molecule is O=C(O)CCC1(CCC(=O)O)CCC[C@]2(CCC(=O)O)CCC(=O)O[C@]12O. The van der Waals surface area contributed by atoms with E-state index in [0.717, 1.165) is 0 Å². The molecule has 0 amide bonds. The van der Waals surface area contributed by atoms with Crippen molar-refractivity contribution in [3.63, 3.8) is 0 Å². The summed E-state index contributed by atoms with van der Waals surface area (Å²) in [6, 6.07) is 0. The van der Waals surface area contributed by atoms with Crippen LogP contribution in [-0.2, 0) is 23.9 Å². The van der Waals surface area contributed by atoms with Gasteiger partial charge in [0.2, 0.25) is 5.79 Å². The van der Waals surface area contributed by atoms with E-state index in [0.29, 0.717) is 19.3 Å². The maximum absolute atomic E-state index is 12.0. The number of aliphatic carboxylic acids is 3. The van der Waals surface area contributed by atoms with Crippen LogP contribution in [0.25, 0.3) is 0 Å². The van der Waals surface area contributed by atoms with E-state index in [4.69, 9.17) is 20.1 Å². The summed E-state index contributed by atoms with van der Waals surface area (Å²) in [7, 11) is 0. The topological polar surface area (TPSA) is 158 Å². The molecule has 0 radical (unpaired) electrons. The molecular formula is C18H26O9. The third-order valence-corrected chi connectivity index (χ3v) is 6.27. The Bertz CT molecular complexity index is 610. The second-order valence-corrected chi connectivity index (χ2v) is 7.71. The molecule has 1 aliphatic heterocycles. The Kier molecular flexibility index (Phi) is 6.14. The Morgan fingerprint density at radius 1 is 0.852 bits per heavy atom. The highest BCUT2D eigenvalue weighted by atomic mass is 16.7. The van der Waals surface area contributed by atoms with E-state index in [1.54, 1.807) is 0 Å². The van der Waals surface area contributed by atoms with Gasteiger partial charge in [0.1, 0.15) is 0 Å². The van der Waals surface area contributed by atoms with Crippen LogP contribution >= 0.6 is 0 Å². The highest BCUT2D eigenvalue weighted by Gasteiger charge is 2.67. The average Bonchev–Trinajstić information content (AvgIpc) is 2.57. The molecule has 9 heteroatoms. The smallest absolute Gasteiger partial charge is 0.308 e. The lowest BCUT2D eigenvalue weighted by Gasteiger charge is -2.61. The number of ether oxygens (including phenoxy) is 1. The maximum Gasteiger partial charge on any atom is 0.308 e. The van der Waals surface area contributed by atoms with Crippen molar-refractivity contribution >= 4 is 23.9 Å². The van der Waals surface area contributed by atoms with Crippen molar-refractivity contribution in [3.05, 3.63) is 0 Å². The van der Waals surface area contributed by atoms with Gasteiger partial charge < -0.3 is 25.2 Å². The number of hydrogen-bond donors (Lipinski definition) is 4. The largest absolute Gasteiger partial charge is 0.481 e. The normalized spacial score (nSPS) is 29.4.